The monoisotopic (exact) mass is 572 g/mol. The van der Waals surface area contributed by atoms with Gasteiger partial charge >= 0.3 is 203 Å². The van der Waals surface area contributed by atoms with Crippen LogP contribution in [0, 0.1) is 5.92 Å². The first-order valence-electron chi connectivity index (χ1n) is 10.8. The van der Waals surface area contributed by atoms with Crippen molar-refractivity contribution in [2.24, 2.45) is 5.92 Å². The number of thiophene rings is 1. The standard InChI is InChI=1S/C25H22N4O2STe/c1-25(2)17-9-5-7-14-15-8-6-10-26-20(15)29(19(14)17)23-18(25)12-13(32-23)11-16-21(30)27(3)24(33)28(4)22(16)31/h5-10,12,16H,11H2,1-4H3. The Labute approximate surface area is 208 Å². The first-order chi connectivity index (χ1) is 15.7. The molecule has 0 unspecified atom stereocenters. The third-order valence-corrected chi connectivity index (χ3v) is 9.80. The molecule has 0 atom stereocenters. The summed E-state index contributed by atoms with van der Waals surface area (Å²) in [5.41, 5.74) is 4.43. The van der Waals surface area contributed by atoms with Crippen LogP contribution in [0.2, 0.25) is 0 Å². The van der Waals surface area contributed by atoms with Gasteiger partial charge in [0, 0.05) is 0 Å². The Hall–Kier alpha value is -2.53. The number of para-hydroxylation sites is 1. The van der Waals surface area contributed by atoms with Crippen LogP contribution in [0.3, 0.4) is 0 Å². The van der Waals surface area contributed by atoms with Gasteiger partial charge in [0.15, 0.2) is 0 Å². The molecule has 0 spiro atoms. The van der Waals surface area contributed by atoms with E-state index in [1.165, 1.54) is 22.0 Å². The maximum absolute atomic E-state index is 13.0. The van der Waals surface area contributed by atoms with Gasteiger partial charge in [-0.2, -0.15) is 0 Å². The van der Waals surface area contributed by atoms with Crippen molar-refractivity contribution in [1.82, 2.24) is 19.4 Å². The van der Waals surface area contributed by atoms with Gasteiger partial charge in [0.1, 0.15) is 0 Å². The first kappa shape index (κ1) is 21.0. The van der Waals surface area contributed by atoms with Gasteiger partial charge in [-0.15, -0.1) is 0 Å². The van der Waals surface area contributed by atoms with Crippen molar-refractivity contribution in [2.75, 3.05) is 14.1 Å². The molecule has 33 heavy (non-hydrogen) atoms. The molecule has 166 valence electrons. The van der Waals surface area contributed by atoms with Gasteiger partial charge in [0.05, 0.1) is 0 Å². The number of benzene rings is 1. The molecule has 0 N–H and O–H groups in total. The van der Waals surface area contributed by atoms with Crippen molar-refractivity contribution < 1.29 is 9.59 Å². The SMILES string of the molecule is CN1C(=O)C(Cc2cc3c(s2)-n2c4ncccc4c4cccc(c42)C3(C)C)C(=O)N(C)C1=[Te]. The average molecular weight is 570 g/mol. The van der Waals surface area contributed by atoms with Crippen LogP contribution < -0.4 is 0 Å². The van der Waals surface area contributed by atoms with Crippen LogP contribution in [0.4, 0.5) is 0 Å². The number of nitrogens with zero attached hydrogens (tertiary/aromatic N) is 4. The summed E-state index contributed by atoms with van der Waals surface area (Å²) in [5.74, 6) is -0.971. The molecular weight excluding hydrogens is 548 g/mol. The van der Waals surface area contributed by atoms with Crippen molar-refractivity contribution in [2.45, 2.75) is 25.7 Å². The number of hydrogen-bond acceptors (Lipinski definition) is 4. The number of pyridine rings is 1. The minimum absolute atomic E-state index is 0.136. The number of carbonyl (C=O) groups is 2. The van der Waals surface area contributed by atoms with Crippen molar-refractivity contribution >= 4 is 70.7 Å². The van der Waals surface area contributed by atoms with Crippen LogP contribution >= 0.6 is 11.3 Å². The molecule has 0 bridgehead atoms. The molecule has 1 fully saturated rings. The zero-order chi connectivity index (χ0) is 23.2. The van der Waals surface area contributed by atoms with E-state index in [1.54, 1.807) is 57.1 Å². The van der Waals surface area contributed by atoms with E-state index in [4.69, 9.17) is 4.98 Å². The van der Waals surface area contributed by atoms with E-state index in [-0.39, 0.29) is 17.2 Å². The minimum atomic E-state index is -0.699. The summed E-state index contributed by atoms with van der Waals surface area (Å²) in [6.45, 7) is 4.51. The van der Waals surface area contributed by atoms with E-state index in [9.17, 15) is 9.59 Å². The molecule has 8 heteroatoms. The van der Waals surface area contributed by atoms with E-state index in [2.05, 4.69) is 48.7 Å². The van der Waals surface area contributed by atoms with Gasteiger partial charge < -0.3 is 0 Å². The Morgan fingerprint density at radius 3 is 2.45 bits per heavy atom. The molecule has 0 saturated carbocycles. The molecule has 2 aliphatic rings. The second-order valence-corrected chi connectivity index (χ2v) is 11.5. The molecule has 1 aromatic carbocycles. The molecule has 6 nitrogen and oxygen atoms in total. The number of aromatic nitrogens is 2. The summed E-state index contributed by atoms with van der Waals surface area (Å²) < 4.78 is 2.95. The Morgan fingerprint density at radius 1 is 1.03 bits per heavy atom. The summed E-state index contributed by atoms with van der Waals surface area (Å²) in [4.78, 5) is 34.9. The number of rotatable bonds is 2. The van der Waals surface area contributed by atoms with Gasteiger partial charge in [-0.1, -0.05) is 0 Å². The van der Waals surface area contributed by atoms with Gasteiger partial charge in [0.2, 0.25) is 0 Å². The van der Waals surface area contributed by atoms with Crippen LogP contribution in [0.5, 0.6) is 0 Å². The average Bonchev–Trinajstić information content (AvgIpc) is 3.38. The fraction of sp³-hybridized carbons (Fsp3) is 0.280. The van der Waals surface area contributed by atoms with E-state index < -0.39 is 5.92 Å². The number of hydrogen-bond donors (Lipinski definition) is 0. The predicted octanol–water partition coefficient (Wildman–Crippen LogP) is 3.22. The van der Waals surface area contributed by atoms with E-state index in [0.717, 1.165) is 20.9 Å². The second kappa shape index (κ2) is 6.99. The molecule has 0 aliphatic carbocycles. The predicted molar refractivity (Wildman–Crippen MR) is 132 cm³/mol. The molecular formula is C25H22N4O2STe. The van der Waals surface area contributed by atoms with Crippen LogP contribution in [-0.4, -0.2) is 70.9 Å². The summed E-state index contributed by atoms with van der Waals surface area (Å²) in [6, 6.07) is 12.8. The Bertz CT molecular complexity index is 1510. The normalized spacial score (nSPS) is 18.0. The van der Waals surface area contributed by atoms with Gasteiger partial charge in [0.25, 0.3) is 0 Å². The fourth-order valence-corrected chi connectivity index (χ4v) is 7.13. The summed E-state index contributed by atoms with van der Waals surface area (Å²) in [5, 5.41) is 3.48. The molecule has 1 saturated heterocycles. The third kappa shape index (κ3) is 2.72. The molecule has 4 aromatic rings. The molecule has 3 aromatic heterocycles. The van der Waals surface area contributed by atoms with E-state index >= 15 is 0 Å². The second-order valence-electron chi connectivity index (χ2n) is 9.30. The molecule has 6 rings (SSSR count). The van der Waals surface area contributed by atoms with Gasteiger partial charge in [-0.05, 0) is 6.07 Å². The zero-order valence-corrected chi connectivity index (χ0v) is 21.9. The fourth-order valence-electron chi connectivity index (χ4n) is 5.25. The number of fused-ring (bicyclic) bond motifs is 5. The van der Waals surface area contributed by atoms with Gasteiger partial charge in [-0.25, -0.2) is 0 Å². The molecule has 2 amide bonds. The number of amides is 2. The summed E-state index contributed by atoms with van der Waals surface area (Å²) >= 11 is 3.38. The third-order valence-electron chi connectivity index (χ3n) is 7.10. The van der Waals surface area contributed by atoms with Crippen LogP contribution in [0.15, 0.2) is 42.6 Å². The van der Waals surface area contributed by atoms with Crippen LogP contribution in [-0.2, 0) is 21.4 Å². The molecule has 2 aliphatic heterocycles. The Kier molecular flexibility index (Phi) is 4.45. The van der Waals surface area contributed by atoms with Crippen molar-refractivity contribution in [3.05, 3.63) is 58.6 Å². The maximum atomic E-state index is 13.0. The molecule has 5 heterocycles. The Morgan fingerprint density at radius 2 is 1.73 bits per heavy atom. The van der Waals surface area contributed by atoms with Crippen LogP contribution in [0.25, 0.3) is 26.9 Å². The quantitative estimate of drug-likeness (QED) is 0.275. The first-order valence-corrected chi connectivity index (χ1v) is 12.8. The topological polar surface area (TPSA) is 58.4 Å². The van der Waals surface area contributed by atoms with E-state index in [0.29, 0.717) is 10.2 Å². The molecule has 0 radical (unpaired) electrons. The van der Waals surface area contributed by atoms with Crippen molar-refractivity contribution in [3.63, 3.8) is 0 Å². The van der Waals surface area contributed by atoms with Crippen molar-refractivity contribution in [3.8, 4) is 5.00 Å². The summed E-state index contributed by atoms with van der Waals surface area (Å²) in [6.07, 6.45) is 2.24. The Balaban J connectivity index is 1.54. The summed E-state index contributed by atoms with van der Waals surface area (Å²) in [7, 11) is 3.48. The van der Waals surface area contributed by atoms with Crippen LogP contribution in [0.1, 0.15) is 29.9 Å². The van der Waals surface area contributed by atoms with Crippen molar-refractivity contribution in [1.29, 1.82) is 0 Å². The number of carbonyl (C=O) groups excluding carboxylic acids is 2. The zero-order valence-electron chi connectivity index (χ0n) is 18.7. The van der Waals surface area contributed by atoms with Gasteiger partial charge in [-0.3, -0.25) is 0 Å². The van der Waals surface area contributed by atoms with E-state index in [1.807, 2.05) is 12.3 Å².